The molecule has 0 amide bonds. The number of carbonyl (C=O) groups excluding carboxylic acids is 1. The minimum absolute atomic E-state index is 0.209. The van der Waals surface area contributed by atoms with Crippen LogP contribution in [0.1, 0.15) is 52.9 Å². The van der Waals surface area contributed by atoms with E-state index in [-0.39, 0.29) is 5.97 Å². The van der Waals surface area contributed by atoms with Gasteiger partial charge in [0.15, 0.2) is 0 Å². The van der Waals surface area contributed by atoms with Crippen molar-refractivity contribution < 1.29 is 9.53 Å². The Morgan fingerprint density at radius 2 is 2.11 bits per heavy atom. The van der Waals surface area contributed by atoms with Crippen LogP contribution in [-0.4, -0.2) is 12.6 Å². The quantitative estimate of drug-likeness (QED) is 0.545. The van der Waals surface area contributed by atoms with Crippen LogP contribution in [0, 0.1) is 23.2 Å². The van der Waals surface area contributed by atoms with Gasteiger partial charge in [-0.2, -0.15) is 0 Å². The lowest BCUT2D eigenvalue weighted by molar-refractivity contribution is -0.138. The molecule has 0 unspecified atom stereocenters. The first-order valence-electron chi connectivity index (χ1n) is 7.31. The molecule has 3 aliphatic carbocycles. The molecule has 0 saturated heterocycles. The normalized spacial score (nSPS) is 32.5. The molecule has 18 heavy (non-hydrogen) atoms. The smallest absolute Gasteiger partial charge is 0.333 e. The monoisotopic (exact) mass is 250 g/mol. The average Bonchev–Trinajstić information content (AvgIpc) is 2.36. The third-order valence-electron chi connectivity index (χ3n) is 5.38. The van der Waals surface area contributed by atoms with Gasteiger partial charge >= 0.3 is 5.97 Å². The van der Waals surface area contributed by atoms with Crippen LogP contribution in [0.5, 0.6) is 0 Å². The Labute approximate surface area is 111 Å². The number of rotatable bonds is 5. The molecule has 102 valence electrons. The largest absolute Gasteiger partial charge is 0.463 e. The van der Waals surface area contributed by atoms with Crippen LogP contribution in [0.3, 0.4) is 0 Å². The van der Waals surface area contributed by atoms with Crippen molar-refractivity contribution in [2.24, 2.45) is 23.2 Å². The molecule has 0 aromatic carbocycles. The van der Waals surface area contributed by atoms with Crippen molar-refractivity contribution in [2.45, 2.75) is 52.9 Å². The molecule has 2 heteroatoms. The summed E-state index contributed by atoms with van der Waals surface area (Å²) in [6.07, 6.45) is 6.04. The van der Waals surface area contributed by atoms with Crippen molar-refractivity contribution in [2.75, 3.05) is 6.61 Å². The molecular weight excluding hydrogens is 224 g/mol. The lowest BCUT2D eigenvalue weighted by atomic mass is 9.45. The SMILES string of the molecule is C=C(CC[C@@H]1CC[C@H]2C[C@@H]1C2(C)C)C(=O)OCC. The molecule has 3 saturated carbocycles. The molecular formula is C16H26O2. The zero-order valence-corrected chi connectivity index (χ0v) is 12.0. The van der Waals surface area contributed by atoms with Crippen LogP contribution in [-0.2, 0) is 9.53 Å². The van der Waals surface area contributed by atoms with Gasteiger partial charge in [0.25, 0.3) is 0 Å². The molecule has 3 rings (SSSR count). The molecule has 0 N–H and O–H groups in total. The second-order valence-corrected chi connectivity index (χ2v) is 6.56. The van der Waals surface area contributed by atoms with E-state index in [1.807, 2.05) is 6.92 Å². The minimum atomic E-state index is -0.209. The maximum absolute atomic E-state index is 11.5. The van der Waals surface area contributed by atoms with Crippen LogP contribution < -0.4 is 0 Å². The Morgan fingerprint density at radius 1 is 1.39 bits per heavy atom. The molecule has 2 nitrogen and oxygen atoms in total. The highest BCUT2D eigenvalue weighted by atomic mass is 16.5. The van der Waals surface area contributed by atoms with Crippen molar-refractivity contribution in [3.05, 3.63) is 12.2 Å². The lowest BCUT2D eigenvalue weighted by Crippen LogP contribution is -2.52. The fraction of sp³-hybridized carbons (Fsp3) is 0.812. The van der Waals surface area contributed by atoms with E-state index < -0.39 is 0 Å². The summed E-state index contributed by atoms with van der Waals surface area (Å²) in [5, 5.41) is 0. The maximum Gasteiger partial charge on any atom is 0.333 e. The number of esters is 1. The van der Waals surface area contributed by atoms with E-state index in [9.17, 15) is 4.79 Å². The Bertz CT molecular complexity index is 341. The first-order valence-corrected chi connectivity index (χ1v) is 7.31. The van der Waals surface area contributed by atoms with Gasteiger partial charge in [-0.3, -0.25) is 0 Å². The Balaban J connectivity index is 1.80. The number of fused-ring (bicyclic) bond motifs is 2. The van der Waals surface area contributed by atoms with Gasteiger partial charge in [0, 0.05) is 5.57 Å². The van der Waals surface area contributed by atoms with E-state index in [4.69, 9.17) is 4.74 Å². The Hall–Kier alpha value is -0.790. The van der Waals surface area contributed by atoms with Crippen LogP contribution >= 0.6 is 0 Å². The topological polar surface area (TPSA) is 26.3 Å². The fourth-order valence-electron chi connectivity index (χ4n) is 4.00. The highest BCUT2D eigenvalue weighted by Gasteiger charge is 2.53. The summed E-state index contributed by atoms with van der Waals surface area (Å²) in [6, 6.07) is 0. The minimum Gasteiger partial charge on any atom is -0.463 e. The first-order chi connectivity index (χ1) is 8.46. The summed E-state index contributed by atoms with van der Waals surface area (Å²) in [4.78, 5) is 11.5. The molecule has 0 radical (unpaired) electrons. The summed E-state index contributed by atoms with van der Waals surface area (Å²) >= 11 is 0. The highest BCUT2D eigenvalue weighted by Crippen LogP contribution is 2.62. The van der Waals surface area contributed by atoms with Crippen LogP contribution in [0.15, 0.2) is 12.2 Å². The van der Waals surface area contributed by atoms with E-state index in [0.29, 0.717) is 17.6 Å². The Kier molecular flexibility index (Phi) is 3.84. The van der Waals surface area contributed by atoms with E-state index in [1.165, 1.54) is 19.3 Å². The molecule has 2 bridgehead atoms. The van der Waals surface area contributed by atoms with Crippen molar-refractivity contribution >= 4 is 5.97 Å². The standard InChI is InChI=1S/C16H26O2/c1-5-18-15(17)11(2)6-7-12-8-9-13-10-14(12)16(13,3)4/h12-14H,2,5-10H2,1,3-4H3/t12-,13+,14+/m1/s1. The van der Waals surface area contributed by atoms with Gasteiger partial charge in [0.05, 0.1) is 6.61 Å². The van der Waals surface area contributed by atoms with Crippen LogP contribution in [0.2, 0.25) is 0 Å². The molecule has 0 heterocycles. The van der Waals surface area contributed by atoms with Crippen molar-refractivity contribution in [3.8, 4) is 0 Å². The third-order valence-corrected chi connectivity index (χ3v) is 5.38. The van der Waals surface area contributed by atoms with Gasteiger partial charge in [0.1, 0.15) is 0 Å². The maximum atomic E-state index is 11.5. The van der Waals surface area contributed by atoms with Gasteiger partial charge in [-0.05, 0) is 62.2 Å². The predicted octanol–water partition coefficient (Wildman–Crippen LogP) is 3.96. The van der Waals surface area contributed by atoms with Crippen molar-refractivity contribution in [3.63, 3.8) is 0 Å². The van der Waals surface area contributed by atoms with Gasteiger partial charge < -0.3 is 4.74 Å². The molecule has 3 atom stereocenters. The first kappa shape index (κ1) is 13.6. The van der Waals surface area contributed by atoms with Crippen molar-refractivity contribution in [1.29, 1.82) is 0 Å². The zero-order chi connectivity index (χ0) is 13.3. The number of hydrogen-bond donors (Lipinski definition) is 0. The zero-order valence-electron chi connectivity index (χ0n) is 12.0. The van der Waals surface area contributed by atoms with Gasteiger partial charge in [-0.1, -0.05) is 20.4 Å². The van der Waals surface area contributed by atoms with Gasteiger partial charge in [0.2, 0.25) is 0 Å². The Morgan fingerprint density at radius 3 is 2.67 bits per heavy atom. The summed E-state index contributed by atoms with van der Waals surface area (Å²) in [7, 11) is 0. The van der Waals surface area contributed by atoms with Crippen LogP contribution in [0.4, 0.5) is 0 Å². The van der Waals surface area contributed by atoms with Gasteiger partial charge in [-0.15, -0.1) is 0 Å². The van der Waals surface area contributed by atoms with E-state index in [1.54, 1.807) is 0 Å². The highest BCUT2D eigenvalue weighted by molar-refractivity contribution is 5.87. The number of ether oxygens (including phenoxy) is 1. The van der Waals surface area contributed by atoms with E-state index >= 15 is 0 Å². The summed E-state index contributed by atoms with van der Waals surface area (Å²) in [5.74, 6) is 2.40. The average molecular weight is 250 g/mol. The summed E-state index contributed by atoms with van der Waals surface area (Å²) in [6.45, 7) is 11.0. The van der Waals surface area contributed by atoms with Crippen molar-refractivity contribution in [1.82, 2.24) is 0 Å². The second kappa shape index (κ2) is 5.07. The van der Waals surface area contributed by atoms with Crippen LogP contribution in [0.25, 0.3) is 0 Å². The molecule has 0 aromatic heterocycles. The van der Waals surface area contributed by atoms with Gasteiger partial charge in [-0.25, -0.2) is 4.79 Å². The van der Waals surface area contributed by atoms with E-state index in [0.717, 1.165) is 30.6 Å². The lowest BCUT2D eigenvalue weighted by Gasteiger charge is -2.60. The third kappa shape index (κ3) is 2.34. The second-order valence-electron chi connectivity index (χ2n) is 6.56. The number of carbonyl (C=O) groups is 1. The molecule has 3 aliphatic rings. The predicted molar refractivity (Wildman–Crippen MR) is 73.1 cm³/mol. The summed E-state index contributed by atoms with van der Waals surface area (Å²) in [5.41, 5.74) is 1.19. The molecule has 3 fully saturated rings. The number of hydrogen-bond acceptors (Lipinski definition) is 2. The molecule has 0 spiro atoms. The van der Waals surface area contributed by atoms with E-state index in [2.05, 4.69) is 20.4 Å². The fourth-order valence-corrected chi connectivity index (χ4v) is 4.00. The summed E-state index contributed by atoms with van der Waals surface area (Å²) < 4.78 is 4.98. The molecule has 0 aliphatic heterocycles. The molecule has 0 aromatic rings.